The van der Waals surface area contributed by atoms with Crippen LogP contribution in [0.15, 0.2) is 60.7 Å². The molecule has 2 aliphatic rings. The fourth-order valence-electron chi connectivity index (χ4n) is 5.17. The number of amides is 3. The van der Waals surface area contributed by atoms with Gasteiger partial charge in [-0.25, -0.2) is 0 Å². The second kappa shape index (κ2) is 9.70. The van der Waals surface area contributed by atoms with E-state index in [0.29, 0.717) is 10.6 Å². The Hall–Kier alpha value is -3.38. The van der Waals surface area contributed by atoms with Crippen LogP contribution in [0.3, 0.4) is 0 Å². The molecule has 6 nitrogen and oxygen atoms in total. The molecular formula is C28H28ClN3O3. The van der Waals surface area contributed by atoms with E-state index in [0.717, 1.165) is 47.7 Å². The highest BCUT2D eigenvalue weighted by Crippen LogP contribution is 2.37. The van der Waals surface area contributed by atoms with Crippen LogP contribution in [0.1, 0.15) is 48.5 Å². The van der Waals surface area contributed by atoms with Crippen molar-refractivity contribution in [3.63, 3.8) is 0 Å². The Labute approximate surface area is 209 Å². The Morgan fingerprint density at radius 2 is 1.80 bits per heavy atom. The van der Waals surface area contributed by atoms with Crippen LogP contribution in [0.4, 0.5) is 5.69 Å². The zero-order valence-corrected chi connectivity index (χ0v) is 20.4. The smallest absolute Gasteiger partial charge is 0.259 e. The minimum Gasteiger partial charge on any atom is -0.352 e. The average molecular weight is 490 g/mol. The lowest BCUT2D eigenvalue weighted by Gasteiger charge is -2.31. The van der Waals surface area contributed by atoms with Gasteiger partial charge in [-0.1, -0.05) is 60.8 Å². The van der Waals surface area contributed by atoms with Crippen molar-refractivity contribution in [1.29, 1.82) is 0 Å². The molecule has 7 heteroatoms. The van der Waals surface area contributed by atoms with Crippen molar-refractivity contribution in [1.82, 2.24) is 10.2 Å². The fourth-order valence-corrected chi connectivity index (χ4v) is 5.38. The molecule has 5 rings (SSSR count). The largest absolute Gasteiger partial charge is 0.352 e. The molecule has 1 saturated carbocycles. The van der Waals surface area contributed by atoms with Crippen molar-refractivity contribution < 1.29 is 14.4 Å². The number of hydrogen-bond acceptors (Lipinski definition) is 3. The third kappa shape index (κ3) is 4.63. The summed E-state index contributed by atoms with van der Waals surface area (Å²) < 4.78 is 0. The van der Waals surface area contributed by atoms with E-state index in [1.165, 1.54) is 4.90 Å². The van der Waals surface area contributed by atoms with Gasteiger partial charge in [-0.3, -0.25) is 19.3 Å². The van der Waals surface area contributed by atoms with E-state index in [1.54, 1.807) is 30.0 Å². The molecule has 0 saturated heterocycles. The fraction of sp³-hybridized carbons (Fsp3) is 0.321. The lowest BCUT2D eigenvalue weighted by molar-refractivity contribution is -0.139. The number of carbonyl (C=O) groups excluding carboxylic acids is 3. The molecule has 3 aromatic rings. The van der Waals surface area contributed by atoms with Crippen LogP contribution in [-0.2, 0) is 16.1 Å². The number of anilines is 1. The molecule has 3 amide bonds. The molecule has 1 aliphatic carbocycles. The summed E-state index contributed by atoms with van der Waals surface area (Å²) in [5, 5.41) is 5.49. The third-order valence-electron chi connectivity index (χ3n) is 7.05. The Morgan fingerprint density at radius 1 is 1.09 bits per heavy atom. The van der Waals surface area contributed by atoms with Gasteiger partial charge in [0.2, 0.25) is 11.8 Å². The number of nitrogens with zero attached hydrogens (tertiary/aromatic N) is 2. The Kier molecular flexibility index (Phi) is 6.48. The minimum absolute atomic E-state index is 0.145. The van der Waals surface area contributed by atoms with Crippen molar-refractivity contribution in [2.75, 3.05) is 11.4 Å². The molecule has 1 fully saturated rings. The first-order chi connectivity index (χ1) is 16.9. The van der Waals surface area contributed by atoms with Gasteiger partial charge >= 0.3 is 0 Å². The Morgan fingerprint density at radius 3 is 2.54 bits per heavy atom. The van der Waals surface area contributed by atoms with Crippen LogP contribution >= 0.6 is 11.6 Å². The molecule has 1 atom stereocenters. The predicted octanol–water partition coefficient (Wildman–Crippen LogP) is 4.93. The molecule has 180 valence electrons. The Balaban J connectivity index is 1.41. The summed E-state index contributed by atoms with van der Waals surface area (Å²) >= 11 is 6.18. The zero-order valence-electron chi connectivity index (χ0n) is 19.7. The molecular weight excluding hydrogens is 462 g/mol. The van der Waals surface area contributed by atoms with Gasteiger partial charge in [0.1, 0.15) is 12.6 Å². The summed E-state index contributed by atoms with van der Waals surface area (Å²) in [7, 11) is 0. The van der Waals surface area contributed by atoms with Crippen LogP contribution < -0.4 is 10.2 Å². The first-order valence-corrected chi connectivity index (χ1v) is 12.5. The second-order valence-corrected chi connectivity index (χ2v) is 9.83. The first kappa shape index (κ1) is 23.4. The topological polar surface area (TPSA) is 69.7 Å². The summed E-state index contributed by atoms with van der Waals surface area (Å²) in [6.07, 6.45) is 4.14. The highest BCUT2D eigenvalue weighted by atomic mass is 35.5. The van der Waals surface area contributed by atoms with E-state index >= 15 is 0 Å². The molecule has 35 heavy (non-hydrogen) atoms. The molecule has 1 aliphatic heterocycles. The van der Waals surface area contributed by atoms with Gasteiger partial charge in [0.15, 0.2) is 0 Å². The van der Waals surface area contributed by atoms with E-state index in [-0.39, 0.29) is 36.9 Å². The number of carbonyl (C=O) groups is 3. The number of hydrogen-bond donors (Lipinski definition) is 1. The lowest BCUT2D eigenvalue weighted by atomic mass is 10.1. The van der Waals surface area contributed by atoms with Gasteiger partial charge in [0, 0.05) is 28.6 Å². The molecule has 0 bridgehead atoms. The van der Waals surface area contributed by atoms with Crippen LogP contribution in [0.2, 0.25) is 5.02 Å². The second-order valence-electron chi connectivity index (χ2n) is 9.39. The van der Waals surface area contributed by atoms with E-state index in [2.05, 4.69) is 5.32 Å². The number of benzene rings is 3. The van der Waals surface area contributed by atoms with Crippen LogP contribution in [0.25, 0.3) is 10.8 Å². The summed E-state index contributed by atoms with van der Waals surface area (Å²) in [5.74, 6) is -0.668. The molecule has 3 aromatic carbocycles. The number of halogens is 1. The predicted molar refractivity (Wildman–Crippen MR) is 137 cm³/mol. The molecule has 1 heterocycles. The average Bonchev–Trinajstić information content (AvgIpc) is 3.46. The molecule has 1 unspecified atom stereocenters. The van der Waals surface area contributed by atoms with E-state index in [9.17, 15) is 14.4 Å². The normalized spacial score (nSPS) is 16.1. The standard InChI is InChI=1S/C28H28ClN3O3/c1-18(27(34)30-22-11-2-3-12-22)31(16-19-7-4-10-21(29)15-19)25(33)17-32-24-14-6-9-20-8-5-13-23(26(20)24)28(32)35/h4-10,13-15,18,22H,2-3,11-12,16-17H2,1H3,(H,30,34). The van der Waals surface area contributed by atoms with Gasteiger partial charge in [-0.15, -0.1) is 0 Å². The summed E-state index contributed by atoms with van der Waals surface area (Å²) in [6, 6.07) is 18.0. The molecule has 0 aromatic heterocycles. The quantitative estimate of drug-likeness (QED) is 0.511. The summed E-state index contributed by atoms with van der Waals surface area (Å²) in [4.78, 5) is 43.1. The van der Waals surface area contributed by atoms with Crippen LogP contribution in [-0.4, -0.2) is 41.2 Å². The van der Waals surface area contributed by atoms with Gasteiger partial charge in [0.25, 0.3) is 5.91 Å². The first-order valence-electron chi connectivity index (χ1n) is 12.1. The van der Waals surface area contributed by atoms with E-state index in [4.69, 9.17) is 11.6 Å². The maximum absolute atomic E-state index is 13.7. The van der Waals surface area contributed by atoms with Crippen LogP contribution in [0.5, 0.6) is 0 Å². The maximum atomic E-state index is 13.7. The molecule has 1 N–H and O–H groups in total. The van der Waals surface area contributed by atoms with Crippen LogP contribution in [0, 0.1) is 0 Å². The van der Waals surface area contributed by atoms with Crippen molar-refractivity contribution in [2.45, 2.75) is 51.2 Å². The highest BCUT2D eigenvalue weighted by Gasteiger charge is 2.34. The monoisotopic (exact) mass is 489 g/mol. The summed E-state index contributed by atoms with van der Waals surface area (Å²) in [6.45, 7) is 1.82. The molecule has 0 radical (unpaired) electrons. The van der Waals surface area contributed by atoms with Gasteiger partial charge in [0.05, 0.1) is 5.69 Å². The molecule has 0 spiro atoms. The van der Waals surface area contributed by atoms with Crippen molar-refractivity contribution >= 4 is 45.8 Å². The van der Waals surface area contributed by atoms with Gasteiger partial charge in [-0.05, 0) is 55.0 Å². The SMILES string of the molecule is CC(C(=O)NC1CCCC1)N(Cc1cccc(Cl)c1)C(=O)CN1C(=O)c2cccc3cccc1c23. The van der Waals surface area contributed by atoms with E-state index in [1.807, 2.05) is 42.5 Å². The lowest BCUT2D eigenvalue weighted by Crippen LogP contribution is -2.52. The number of rotatable bonds is 7. The minimum atomic E-state index is -0.696. The summed E-state index contributed by atoms with van der Waals surface area (Å²) in [5.41, 5.74) is 2.14. The van der Waals surface area contributed by atoms with Crippen molar-refractivity contribution in [2.24, 2.45) is 0 Å². The Bertz CT molecular complexity index is 1300. The van der Waals surface area contributed by atoms with E-state index < -0.39 is 6.04 Å². The third-order valence-corrected chi connectivity index (χ3v) is 7.29. The van der Waals surface area contributed by atoms with Crippen molar-refractivity contribution in [3.8, 4) is 0 Å². The zero-order chi connectivity index (χ0) is 24.5. The van der Waals surface area contributed by atoms with Gasteiger partial charge < -0.3 is 10.2 Å². The highest BCUT2D eigenvalue weighted by molar-refractivity contribution is 6.30. The van der Waals surface area contributed by atoms with Gasteiger partial charge in [-0.2, -0.15) is 0 Å². The maximum Gasteiger partial charge on any atom is 0.259 e. The van der Waals surface area contributed by atoms with Crippen molar-refractivity contribution in [3.05, 3.63) is 76.8 Å². The number of nitrogens with one attached hydrogen (secondary N) is 1.